The standard InChI is InChI=1S/C17H26O4/c1-3-5-7-11-20-14-9-10-15(17(18)19)16(13-14)21-12-8-6-4-2/h9-10,13H,3-8,11-12H2,1-2H3,(H,18,19). The van der Waals surface area contributed by atoms with Crippen molar-refractivity contribution in [1.82, 2.24) is 0 Å². The summed E-state index contributed by atoms with van der Waals surface area (Å²) in [5.74, 6) is 0.0891. The molecule has 4 nitrogen and oxygen atoms in total. The molecule has 0 unspecified atom stereocenters. The van der Waals surface area contributed by atoms with Gasteiger partial charge in [-0.25, -0.2) is 4.79 Å². The van der Waals surface area contributed by atoms with Gasteiger partial charge in [0.25, 0.3) is 0 Å². The molecule has 21 heavy (non-hydrogen) atoms. The number of carbonyl (C=O) groups is 1. The number of rotatable bonds is 11. The Morgan fingerprint density at radius 3 is 2.19 bits per heavy atom. The Bertz CT molecular complexity index is 429. The van der Waals surface area contributed by atoms with Gasteiger partial charge in [-0.3, -0.25) is 0 Å². The monoisotopic (exact) mass is 294 g/mol. The number of hydrogen-bond donors (Lipinski definition) is 1. The lowest BCUT2D eigenvalue weighted by molar-refractivity contribution is 0.0692. The van der Waals surface area contributed by atoms with E-state index in [0.717, 1.165) is 38.5 Å². The molecule has 1 aromatic carbocycles. The van der Waals surface area contributed by atoms with Crippen LogP contribution in [-0.2, 0) is 0 Å². The van der Waals surface area contributed by atoms with Gasteiger partial charge in [-0.1, -0.05) is 39.5 Å². The predicted molar refractivity (Wildman–Crippen MR) is 83.4 cm³/mol. The Labute approximate surface area is 127 Å². The highest BCUT2D eigenvalue weighted by Gasteiger charge is 2.12. The summed E-state index contributed by atoms with van der Waals surface area (Å²) in [4.78, 5) is 11.2. The minimum atomic E-state index is -0.974. The smallest absolute Gasteiger partial charge is 0.339 e. The molecule has 0 aliphatic heterocycles. The molecular weight excluding hydrogens is 268 g/mol. The zero-order valence-electron chi connectivity index (χ0n) is 13.1. The first-order chi connectivity index (χ1) is 10.2. The highest BCUT2D eigenvalue weighted by molar-refractivity contribution is 5.91. The second kappa shape index (κ2) is 10.1. The molecule has 1 N–H and O–H groups in total. The second-order valence-corrected chi connectivity index (χ2v) is 5.07. The van der Waals surface area contributed by atoms with Crippen LogP contribution in [0.25, 0.3) is 0 Å². The predicted octanol–water partition coefficient (Wildman–Crippen LogP) is 4.52. The van der Waals surface area contributed by atoms with Crippen LogP contribution in [0, 0.1) is 0 Å². The summed E-state index contributed by atoms with van der Waals surface area (Å²) < 4.78 is 11.2. The summed E-state index contributed by atoms with van der Waals surface area (Å²) in [6.07, 6.45) is 6.40. The summed E-state index contributed by atoms with van der Waals surface area (Å²) >= 11 is 0. The summed E-state index contributed by atoms with van der Waals surface area (Å²) in [6.45, 7) is 5.44. The van der Waals surface area contributed by atoms with E-state index in [1.54, 1.807) is 18.2 Å². The van der Waals surface area contributed by atoms with Crippen LogP contribution in [0.2, 0.25) is 0 Å². The fourth-order valence-corrected chi connectivity index (χ4v) is 1.96. The number of aromatic carboxylic acids is 1. The van der Waals surface area contributed by atoms with E-state index in [9.17, 15) is 9.90 Å². The van der Waals surface area contributed by atoms with Gasteiger partial charge < -0.3 is 14.6 Å². The van der Waals surface area contributed by atoms with E-state index in [0.29, 0.717) is 24.7 Å². The van der Waals surface area contributed by atoms with E-state index in [2.05, 4.69) is 13.8 Å². The maximum Gasteiger partial charge on any atom is 0.339 e. The highest BCUT2D eigenvalue weighted by atomic mass is 16.5. The van der Waals surface area contributed by atoms with E-state index in [-0.39, 0.29) is 5.56 Å². The molecule has 0 aliphatic rings. The average molecular weight is 294 g/mol. The Hall–Kier alpha value is -1.71. The van der Waals surface area contributed by atoms with Crippen molar-refractivity contribution in [2.45, 2.75) is 52.4 Å². The number of unbranched alkanes of at least 4 members (excludes halogenated alkanes) is 4. The van der Waals surface area contributed by atoms with E-state index in [1.807, 2.05) is 0 Å². The summed E-state index contributed by atoms with van der Waals surface area (Å²) in [5, 5.41) is 9.18. The van der Waals surface area contributed by atoms with Crippen molar-refractivity contribution in [2.24, 2.45) is 0 Å². The van der Waals surface area contributed by atoms with Gasteiger partial charge in [0.15, 0.2) is 0 Å². The first kappa shape index (κ1) is 17.3. The molecule has 0 saturated heterocycles. The molecule has 0 aliphatic carbocycles. The van der Waals surface area contributed by atoms with Crippen LogP contribution in [0.4, 0.5) is 0 Å². The zero-order valence-corrected chi connectivity index (χ0v) is 13.1. The van der Waals surface area contributed by atoms with Crippen LogP contribution in [0.15, 0.2) is 18.2 Å². The van der Waals surface area contributed by atoms with Crippen molar-refractivity contribution in [3.8, 4) is 11.5 Å². The lowest BCUT2D eigenvalue weighted by atomic mass is 10.2. The minimum absolute atomic E-state index is 0.187. The molecule has 0 saturated carbocycles. The highest BCUT2D eigenvalue weighted by Crippen LogP contribution is 2.25. The first-order valence-corrected chi connectivity index (χ1v) is 7.82. The lowest BCUT2D eigenvalue weighted by Gasteiger charge is -2.12. The van der Waals surface area contributed by atoms with Gasteiger partial charge in [0.05, 0.1) is 13.2 Å². The third kappa shape index (κ3) is 6.52. The number of benzene rings is 1. The molecular formula is C17H26O4. The van der Waals surface area contributed by atoms with Crippen LogP contribution in [0.5, 0.6) is 11.5 Å². The van der Waals surface area contributed by atoms with Gasteiger partial charge in [-0.2, -0.15) is 0 Å². The van der Waals surface area contributed by atoms with Crippen LogP contribution in [0.1, 0.15) is 62.7 Å². The van der Waals surface area contributed by atoms with Crippen molar-refractivity contribution in [3.63, 3.8) is 0 Å². The largest absolute Gasteiger partial charge is 0.493 e. The van der Waals surface area contributed by atoms with Gasteiger partial charge in [-0.05, 0) is 25.0 Å². The normalized spacial score (nSPS) is 10.4. The molecule has 1 aromatic rings. The molecule has 118 valence electrons. The third-order valence-corrected chi connectivity index (χ3v) is 3.21. The van der Waals surface area contributed by atoms with Crippen molar-refractivity contribution in [2.75, 3.05) is 13.2 Å². The van der Waals surface area contributed by atoms with Gasteiger partial charge in [0.1, 0.15) is 17.1 Å². The van der Waals surface area contributed by atoms with Crippen molar-refractivity contribution < 1.29 is 19.4 Å². The maximum atomic E-state index is 11.2. The molecule has 0 amide bonds. The van der Waals surface area contributed by atoms with Gasteiger partial charge in [0, 0.05) is 6.07 Å². The quantitative estimate of drug-likeness (QED) is 0.609. The minimum Gasteiger partial charge on any atom is -0.493 e. The molecule has 4 heteroatoms. The lowest BCUT2D eigenvalue weighted by Crippen LogP contribution is -2.05. The SMILES string of the molecule is CCCCCOc1ccc(C(=O)O)c(OCCCCC)c1. The first-order valence-electron chi connectivity index (χ1n) is 7.82. The van der Waals surface area contributed by atoms with Crippen molar-refractivity contribution in [3.05, 3.63) is 23.8 Å². The van der Waals surface area contributed by atoms with Crippen LogP contribution in [0.3, 0.4) is 0 Å². The average Bonchev–Trinajstić information content (AvgIpc) is 2.48. The van der Waals surface area contributed by atoms with Crippen molar-refractivity contribution in [1.29, 1.82) is 0 Å². The topological polar surface area (TPSA) is 55.8 Å². The Morgan fingerprint density at radius 1 is 1.00 bits per heavy atom. The van der Waals surface area contributed by atoms with Crippen LogP contribution < -0.4 is 9.47 Å². The van der Waals surface area contributed by atoms with E-state index < -0.39 is 5.97 Å². The number of hydrogen-bond acceptors (Lipinski definition) is 3. The fraction of sp³-hybridized carbons (Fsp3) is 0.588. The maximum absolute atomic E-state index is 11.2. The zero-order chi connectivity index (χ0) is 15.5. The Balaban J connectivity index is 2.64. The fourth-order valence-electron chi connectivity index (χ4n) is 1.96. The Morgan fingerprint density at radius 2 is 1.62 bits per heavy atom. The van der Waals surface area contributed by atoms with Crippen molar-refractivity contribution >= 4 is 5.97 Å². The Kier molecular flexibility index (Phi) is 8.32. The van der Waals surface area contributed by atoms with E-state index in [1.165, 1.54) is 0 Å². The number of carboxylic acids is 1. The molecule has 0 aromatic heterocycles. The molecule has 0 bridgehead atoms. The molecule has 1 rings (SSSR count). The molecule has 0 atom stereocenters. The third-order valence-electron chi connectivity index (χ3n) is 3.21. The van der Waals surface area contributed by atoms with Gasteiger partial charge in [0.2, 0.25) is 0 Å². The summed E-state index contributed by atoms with van der Waals surface area (Å²) in [5.41, 5.74) is 0.187. The van der Waals surface area contributed by atoms with Crippen LogP contribution >= 0.6 is 0 Å². The summed E-state index contributed by atoms with van der Waals surface area (Å²) in [7, 11) is 0. The van der Waals surface area contributed by atoms with Gasteiger partial charge >= 0.3 is 5.97 Å². The summed E-state index contributed by atoms with van der Waals surface area (Å²) in [6, 6.07) is 4.92. The molecule has 0 spiro atoms. The molecule has 0 radical (unpaired) electrons. The van der Waals surface area contributed by atoms with E-state index in [4.69, 9.17) is 9.47 Å². The molecule has 0 heterocycles. The van der Waals surface area contributed by atoms with Gasteiger partial charge in [-0.15, -0.1) is 0 Å². The number of carboxylic acid groups (broad SMARTS) is 1. The second-order valence-electron chi connectivity index (χ2n) is 5.07. The van der Waals surface area contributed by atoms with Crippen LogP contribution in [-0.4, -0.2) is 24.3 Å². The van der Waals surface area contributed by atoms with E-state index >= 15 is 0 Å². The number of ether oxygens (including phenoxy) is 2. The molecule has 0 fully saturated rings.